The number of anilines is 1. The Morgan fingerprint density at radius 3 is 2.77 bits per heavy atom. The van der Waals surface area contributed by atoms with Crippen LogP contribution in [0.1, 0.15) is 25.7 Å². The van der Waals surface area contributed by atoms with E-state index in [1.54, 1.807) is 11.3 Å². The second kappa shape index (κ2) is 2.96. The summed E-state index contributed by atoms with van der Waals surface area (Å²) in [5.41, 5.74) is 0. The Morgan fingerprint density at radius 1 is 1.38 bits per heavy atom. The van der Waals surface area contributed by atoms with Gasteiger partial charge in [0.25, 0.3) is 0 Å². The Labute approximate surface area is 81.3 Å². The van der Waals surface area contributed by atoms with Gasteiger partial charge in [-0.3, -0.25) is 4.84 Å². The van der Waals surface area contributed by atoms with Crippen molar-refractivity contribution in [1.29, 1.82) is 0 Å². The maximum absolute atomic E-state index is 5.81. The van der Waals surface area contributed by atoms with Gasteiger partial charge in [0, 0.05) is 11.6 Å². The van der Waals surface area contributed by atoms with Crippen molar-refractivity contribution in [3.8, 4) is 0 Å². The summed E-state index contributed by atoms with van der Waals surface area (Å²) in [6.07, 6.45) is 7.29. The molecule has 3 nitrogen and oxygen atoms in total. The van der Waals surface area contributed by atoms with Crippen LogP contribution in [0.15, 0.2) is 11.6 Å². The number of hydroxylamine groups is 1. The Balaban J connectivity index is 1.85. The SMILES string of the molecule is c1csc(N2OC3CCC2CC3)n1. The van der Waals surface area contributed by atoms with Crippen LogP contribution >= 0.6 is 11.3 Å². The minimum Gasteiger partial charge on any atom is -0.268 e. The molecular weight excluding hydrogens is 184 g/mol. The summed E-state index contributed by atoms with van der Waals surface area (Å²) in [6, 6.07) is 0.580. The third kappa shape index (κ3) is 1.25. The molecule has 0 N–H and O–H groups in total. The van der Waals surface area contributed by atoms with Crippen molar-refractivity contribution in [3.63, 3.8) is 0 Å². The molecule has 13 heavy (non-hydrogen) atoms. The predicted molar refractivity (Wildman–Crippen MR) is 51.7 cm³/mol. The van der Waals surface area contributed by atoms with Crippen LogP contribution in [0.4, 0.5) is 5.13 Å². The van der Waals surface area contributed by atoms with E-state index < -0.39 is 0 Å². The highest BCUT2D eigenvalue weighted by molar-refractivity contribution is 7.13. The van der Waals surface area contributed by atoms with Crippen LogP contribution in [0.3, 0.4) is 0 Å². The fourth-order valence-electron chi connectivity index (χ4n) is 2.16. The number of hydrogen-bond donors (Lipinski definition) is 0. The molecule has 0 spiro atoms. The van der Waals surface area contributed by atoms with Crippen molar-refractivity contribution in [3.05, 3.63) is 11.6 Å². The van der Waals surface area contributed by atoms with Gasteiger partial charge >= 0.3 is 0 Å². The molecule has 2 bridgehead atoms. The largest absolute Gasteiger partial charge is 0.268 e. The van der Waals surface area contributed by atoms with Crippen LogP contribution in [-0.4, -0.2) is 17.1 Å². The van der Waals surface area contributed by atoms with Crippen LogP contribution < -0.4 is 5.06 Å². The van der Waals surface area contributed by atoms with Crippen molar-refractivity contribution in [2.75, 3.05) is 5.06 Å². The fourth-order valence-corrected chi connectivity index (χ4v) is 2.82. The van der Waals surface area contributed by atoms with Crippen LogP contribution in [0, 0.1) is 0 Å². The van der Waals surface area contributed by atoms with Gasteiger partial charge in [0.2, 0.25) is 5.13 Å². The van der Waals surface area contributed by atoms with Gasteiger partial charge < -0.3 is 0 Å². The maximum Gasteiger partial charge on any atom is 0.209 e. The van der Waals surface area contributed by atoms with E-state index >= 15 is 0 Å². The average molecular weight is 196 g/mol. The molecule has 0 atom stereocenters. The average Bonchev–Trinajstić information content (AvgIpc) is 2.72. The molecule has 3 heterocycles. The normalized spacial score (nSPS) is 32.5. The first-order chi connectivity index (χ1) is 6.43. The van der Waals surface area contributed by atoms with Crippen LogP contribution in [0.5, 0.6) is 0 Å². The molecule has 1 aromatic rings. The Hall–Kier alpha value is -0.610. The zero-order valence-corrected chi connectivity index (χ0v) is 8.17. The van der Waals surface area contributed by atoms with E-state index in [1.165, 1.54) is 25.7 Å². The Kier molecular flexibility index (Phi) is 1.77. The topological polar surface area (TPSA) is 25.4 Å². The van der Waals surface area contributed by atoms with E-state index in [0.717, 1.165) is 5.13 Å². The summed E-state index contributed by atoms with van der Waals surface area (Å²) in [5.74, 6) is 0. The predicted octanol–water partition coefficient (Wildman–Crippen LogP) is 2.21. The molecule has 0 aromatic carbocycles. The lowest BCUT2D eigenvalue weighted by atomic mass is 9.91. The van der Waals surface area contributed by atoms with E-state index in [-0.39, 0.29) is 0 Å². The molecular formula is C9H12N2OS. The Morgan fingerprint density at radius 2 is 2.23 bits per heavy atom. The number of aromatic nitrogens is 1. The molecule has 4 rings (SSSR count). The monoisotopic (exact) mass is 196 g/mol. The molecule has 1 aliphatic carbocycles. The molecule has 4 heteroatoms. The van der Waals surface area contributed by atoms with Gasteiger partial charge in [0.15, 0.2) is 0 Å². The zero-order chi connectivity index (χ0) is 8.67. The Bertz CT molecular complexity index is 280. The van der Waals surface area contributed by atoms with Gasteiger partial charge in [-0.2, -0.15) is 0 Å². The van der Waals surface area contributed by atoms with Crippen molar-refractivity contribution in [2.45, 2.75) is 37.8 Å². The van der Waals surface area contributed by atoms with E-state index in [0.29, 0.717) is 12.1 Å². The molecule has 2 saturated heterocycles. The quantitative estimate of drug-likeness (QED) is 0.688. The van der Waals surface area contributed by atoms with E-state index in [2.05, 4.69) is 4.98 Å². The minimum atomic E-state index is 0.453. The third-order valence-corrected chi connectivity index (χ3v) is 3.60. The zero-order valence-electron chi connectivity index (χ0n) is 7.35. The lowest BCUT2D eigenvalue weighted by Gasteiger charge is -2.43. The molecule has 3 aliphatic rings. The third-order valence-electron chi connectivity index (χ3n) is 2.85. The molecule has 1 aromatic heterocycles. The summed E-state index contributed by atoms with van der Waals surface area (Å²) < 4.78 is 0. The highest BCUT2D eigenvalue weighted by atomic mass is 32.1. The lowest BCUT2D eigenvalue weighted by Crippen LogP contribution is -2.48. The molecule has 1 saturated carbocycles. The number of hydrogen-bond acceptors (Lipinski definition) is 4. The first kappa shape index (κ1) is 7.76. The van der Waals surface area contributed by atoms with Crippen molar-refractivity contribution >= 4 is 16.5 Å². The standard InChI is InChI=1S/C9H12N2OS/c1-3-8-4-2-7(1)11(12-8)9-10-5-6-13-9/h5-8H,1-4H2. The van der Waals surface area contributed by atoms with Crippen LogP contribution in [0.2, 0.25) is 0 Å². The number of thiazole rings is 1. The van der Waals surface area contributed by atoms with E-state index in [4.69, 9.17) is 4.84 Å². The van der Waals surface area contributed by atoms with Gasteiger partial charge in [-0.1, -0.05) is 0 Å². The fraction of sp³-hybridized carbons (Fsp3) is 0.667. The molecule has 70 valence electrons. The van der Waals surface area contributed by atoms with Gasteiger partial charge in [-0.05, 0) is 25.7 Å². The summed E-state index contributed by atoms with van der Waals surface area (Å²) in [4.78, 5) is 10.1. The molecule has 0 amide bonds. The minimum absolute atomic E-state index is 0.453. The van der Waals surface area contributed by atoms with Crippen molar-refractivity contribution in [1.82, 2.24) is 4.98 Å². The first-order valence-electron chi connectivity index (χ1n) is 4.79. The highest BCUT2D eigenvalue weighted by Gasteiger charge is 2.36. The second-order valence-corrected chi connectivity index (χ2v) is 4.55. The van der Waals surface area contributed by atoms with Gasteiger partial charge in [-0.25, -0.2) is 10.0 Å². The van der Waals surface area contributed by atoms with E-state index in [1.807, 2.05) is 16.6 Å². The summed E-state index contributed by atoms with van der Waals surface area (Å²) >= 11 is 1.66. The lowest BCUT2D eigenvalue weighted by molar-refractivity contribution is -0.0616. The van der Waals surface area contributed by atoms with Crippen LogP contribution in [-0.2, 0) is 4.84 Å². The van der Waals surface area contributed by atoms with Gasteiger partial charge in [0.05, 0.1) is 12.1 Å². The summed E-state index contributed by atoms with van der Waals surface area (Å²) in [6.45, 7) is 0. The smallest absolute Gasteiger partial charge is 0.209 e. The first-order valence-corrected chi connectivity index (χ1v) is 5.67. The molecule has 2 aliphatic heterocycles. The summed E-state index contributed by atoms with van der Waals surface area (Å²) in [7, 11) is 0. The van der Waals surface area contributed by atoms with E-state index in [9.17, 15) is 0 Å². The molecule has 0 radical (unpaired) electrons. The van der Waals surface area contributed by atoms with Crippen molar-refractivity contribution < 1.29 is 4.84 Å². The number of fused-ring (bicyclic) bond motifs is 3. The molecule has 0 unspecified atom stereocenters. The van der Waals surface area contributed by atoms with Gasteiger partial charge in [0.1, 0.15) is 0 Å². The maximum atomic E-state index is 5.81. The van der Waals surface area contributed by atoms with Crippen LogP contribution in [0.25, 0.3) is 0 Å². The van der Waals surface area contributed by atoms with Gasteiger partial charge in [-0.15, -0.1) is 11.3 Å². The number of rotatable bonds is 1. The van der Waals surface area contributed by atoms with Crippen molar-refractivity contribution in [2.24, 2.45) is 0 Å². The number of nitrogens with zero attached hydrogens (tertiary/aromatic N) is 2. The molecule has 3 fully saturated rings. The summed E-state index contributed by atoms with van der Waals surface area (Å²) in [5, 5.41) is 5.05. The second-order valence-electron chi connectivity index (χ2n) is 3.68. The highest BCUT2D eigenvalue weighted by Crippen LogP contribution is 2.36.